The molecular formula is C28H44O. The maximum Gasteiger partial charge on any atom is 0.163 e. The van der Waals surface area contributed by atoms with E-state index in [0.29, 0.717) is 11.7 Å². The largest absolute Gasteiger partial charge is 0.294 e. The number of rotatable bonds is 10. The summed E-state index contributed by atoms with van der Waals surface area (Å²) in [5.74, 6) is 3.60. The normalized spacial score (nSPS) is 27.7. The summed E-state index contributed by atoms with van der Waals surface area (Å²) in [4.78, 5) is 12.8. The van der Waals surface area contributed by atoms with Crippen LogP contribution in [0, 0.1) is 17.8 Å². The molecule has 0 heterocycles. The summed E-state index contributed by atoms with van der Waals surface area (Å²) in [5, 5.41) is 0. The number of Topliss-reactive ketones (excluding diaryl/α,β-unsaturated/α-hetero) is 1. The Kier molecular flexibility index (Phi) is 9.28. The van der Waals surface area contributed by atoms with Crippen molar-refractivity contribution in [3.8, 4) is 0 Å². The lowest BCUT2D eigenvalue weighted by molar-refractivity contribution is 0.0941. The molecule has 0 aromatic heterocycles. The molecule has 0 radical (unpaired) electrons. The zero-order valence-corrected chi connectivity index (χ0v) is 19.1. The first kappa shape index (κ1) is 22.6. The van der Waals surface area contributed by atoms with E-state index in [1.807, 2.05) is 0 Å². The minimum absolute atomic E-state index is 0.373. The molecule has 1 heteroatoms. The average Bonchev–Trinajstić information content (AvgIpc) is 2.76. The zero-order chi connectivity index (χ0) is 20.5. The van der Waals surface area contributed by atoms with E-state index in [-0.39, 0.29) is 0 Å². The number of unbranched alkanes of at least 4 members (excludes halogenated alkanes) is 2. The number of hydrogen-bond acceptors (Lipinski definition) is 1. The third-order valence-corrected chi connectivity index (χ3v) is 7.90. The fourth-order valence-electron chi connectivity index (χ4n) is 5.92. The molecule has 1 nitrogen and oxygen atoms in total. The molecule has 0 N–H and O–H groups in total. The molecular weight excluding hydrogens is 352 g/mol. The Morgan fingerprint density at radius 3 is 1.93 bits per heavy atom. The Balaban J connectivity index is 1.42. The molecule has 162 valence electrons. The lowest BCUT2D eigenvalue weighted by Gasteiger charge is -2.29. The van der Waals surface area contributed by atoms with Crippen molar-refractivity contribution in [3.63, 3.8) is 0 Å². The Labute approximate surface area is 180 Å². The molecule has 29 heavy (non-hydrogen) atoms. The second-order valence-corrected chi connectivity index (χ2v) is 10.1. The molecule has 3 rings (SSSR count). The molecule has 0 aliphatic heterocycles. The molecule has 0 atom stereocenters. The van der Waals surface area contributed by atoms with E-state index in [4.69, 9.17) is 0 Å². The molecule has 1 aromatic rings. The third-order valence-electron chi connectivity index (χ3n) is 7.90. The highest BCUT2D eigenvalue weighted by Gasteiger charge is 2.24. The summed E-state index contributed by atoms with van der Waals surface area (Å²) >= 11 is 0. The lowest BCUT2D eigenvalue weighted by Crippen LogP contribution is -2.17. The topological polar surface area (TPSA) is 17.1 Å². The van der Waals surface area contributed by atoms with Crippen molar-refractivity contribution in [1.29, 1.82) is 0 Å². The second kappa shape index (κ2) is 11.9. The van der Waals surface area contributed by atoms with Crippen molar-refractivity contribution in [2.75, 3.05) is 0 Å². The summed E-state index contributed by atoms with van der Waals surface area (Å²) in [5.41, 5.74) is 2.41. The quantitative estimate of drug-likeness (QED) is 0.285. The van der Waals surface area contributed by atoms with Crippen LogP contribution in [0.5, 0.6) is 0 Å². The van der Waals surface area contributed by atoms with E-state index < -0.39 is 0 Å². The monoisotopic (exact) mass is 396 g/mol. The van der Waals surface area contributed by atoms with Crippen LogP contribution in [0.15, 0.2) is 24.3 Å². The molecule has 0 unspecified atom stereocenters. The predicted octanol–water partition coefficient (Wildman–Crippen LogP) is 8.72. The fourth-order valence-corrected chi connectivity index (χ4v) is 5.92. The van der Waals surface area contributed by atoms with E-state index in [9.17, 15) is 4.79 Å². The number of hydrogen-bond donors (Lipinski definition) is 0. The lowest BCUT2D eigenvalue weighted by atomic mass is 9.76. The first-order chi connectivity index (χ1) is 14.2. The van der Waals surface area contributed by atoms with E-state index in [2.05, 4.69) is 38.1 Å². The van der Waals surface area contributed by atoms with Gasteiger partial charge in [0.2, 0.25) is 0 Å². The first-order valence-electron chi connectivity index (χ1n) is 12.8. The third kappa shape index (κ3) is 6.97. The molecule has 2 aliphatic rings. The predicted molar refractivity (Wildman–Crippen MR) is 125 cm³/mol. The highest BCUT2D eigenvalue weighted by molar-refractivity contribution is 5.96. The first-order valence-corrected chi connectivity index (χ1v) is 12.8. The Morgan fingerprint density at radius 2 is 1.31 bits per heavy atom. The minimum Gasteiger partial charge on any atom is -0.294 e. The van der Waals surface area contributed by atoms with Gasteiger partial charge in [0.25, 0.3) is 0 Å². The van der Waals surface area contributed by atoms with Crippen LogP contribution in [0.25, 0.3) is 0 Å². The molecule has 1 aromatic carbocycles. The highest BCUT2D eigenvalue weighted by atomic mass is 16.1. The van der Waals surface area contributed by atoms with Crippen molar-refractivity contribution in [1.82, 2.24) is 0 Å². The van der Waals surface area contributed by atoms with Gasteiger partial charge in [0.15, 0.2) is 5.78 Å². The summed E-state index contributed by atoms with van der Waals surface area (Å²) in [6.45, 7) is 4.59. The van der Waals surface area contributed by atoms with Gasteiger partial charge >= 0.3 is 0 Å². The Hall–Kier alpha value is -1.11. The maximum absolute atomic E-state index is 12.8. The average molecular weight is 397 g/mol. The van der Waals surface area contributed by atoms with Crippen LogP contribution in [0.2, 0.25) is 0 Å². The molecule has 2 aliphatic carbocycles. The van der Waals surface area contributed by atoms with Crippen LogP contribution in [-0.4, -0.2) is 5.78 Å². The van der Waals surface area contributed by atoms with Crippen LogP contribution in [0.4, 0.5) is 0 Å². The number of benzene rings is 1. The number of carbonyl (C=O) groups excluding carboxylic acids is 1. The maximum atomic E-state index is 12.8. The van der Waals surface area contributed by atoms with Crippen molar-refractivity contribution in [3.05, 3.63) is 35.4 Å². The summed E-state index contributed by atoms with van der Waals surface area (Å²) in [6, 6.07) is 8.74. The molecule has 0 saturated heterocycles. The molecule has 0 spiro atoms. The van der Waals surface area contributed by atoms with Crippen LogP contribution in [-0.2, 0) is 0 Å². The van der Waals surface area contributed by atoms with Crippen LogP contribution >= 0.6 is 0 Å². The molecule has 0 bridgehead atoms. The van der Waals surface area contributed by atoms with Gasteiger partial charge in [0.1, 0.15) is 0 Å². The van der Waals surface area contributed by atoms with Gasteiger partial charge in [-0.05, 0) is 67.8 Å². The number of carbonyl (C=O) groups is 1. The van der Waals surface area contributed by atoms with Gasteiger partial charge in [-0.15, -0.1) is 0 Å². The Bertz CT molecular complexity index is 585. The number of ketones is 1. The SMILES string of the molecule is CCCCCC1CCC(CC(=O)c2ccc(C3CCC(CCC)CC3)cc2)CC1. The van der Waals surface area contributed by atoms with Gasteiger partial charge in [-0.2, -0.15) is 0 Å². The van der Waals surface area contributed by atoms with Crippen molar-refractivity contribution >= 4 is 5.78 Å². The van der Waals surface area contributed by atoms with Gasteiger partial charge < -0.3 is 0 Å². The Morgan fingerprint density at radius 1 is 0.724 bits per heavy atom. The van der Waals surface area contributed by atoms with Gasteiger partial charge in [-0.25, -0.2) is 0 Å². The van der Waals surface area contributed by atoms with E-state index in [0.717, 1.165) is 29.7 Å². The molecule has 2 saturated carbocycles. The van der Waals surface area contributed by atoms with Gasteiger partial charge in [0, 0.05) is 12.0 Å². The highest BCUT2D eigenvalue weighted by Crippen LogP contribution is 2.38. The van der Waals surface area contributed by atoms with E-state index in [1.54, 1.807) is 0 Å². The van der Waals surface area contributed by atoms with E-state index in [1.165, 1.54) is 95.5 Å². The van der Waals surface area contributed by atoms with Crippen molar-refractivity contribution in [2.24, 2.45) is 17.8 Å². The zero-order valence-electron chi connectivity index (χ0n) is 19.1. The van der Waals surface area contributed by atoms with Gasteiger partial charge in [-0.1, -0.05) is 89.5 Å². The van der Waals surface area contributed by atoms with Crippen molar-refractivity contribution < 1.29 is 4.79 Å². The smallest absolute Gasteiger partial charge is 0.163 e. The van der Waals surface area contributed by atoms with Crippen LogP contribution in [0.1, 0.15) is 132 Å². The summed E-state index contributed by atoms with van der Waals surface area (Å²) in [6.07, 6.45) is 19.7. The van der Waals surface area contributed by atoms with Crippen molar-refractivity contribution in [2.45, 2.75) is 116 Å². The van der Waals surface area contributed by atoms with Gasteiger partial charge in [0.05, 0.1) is 0 Å². The van der Waals surface area contributed by atoms with Crippen LogP contribution in [0.3, 0.4) is 0 Å². The standard InChI is InChI=1S/C28H44O/c1-3-5-6-8-23-9-11-24(12-10-23)21-28(29)27-19-17-26(18-20-27)25-15-13-22(7-4-2)14-16-25/h17-20,22-25H,3-16,21H2,1-2H3. The van der Waals surface area contributed by atoms with Crippen LogP contribution < -0.4 is 0 Å². The second-order valence-electron chi connectivity index (χ2n) is 10.1. The van der Waals surface area contributed by atoms with E-state index >= 15 is 0 Å². The fraction of sp³-hybridized carbons (Fsp3) is 0.750. The molecule has 2 fully saturated rings. The summed E-state index contributed by atoms with van der Waals surface area (Å²) in [7, 11) is 0. The summed E-state index contributed by atoms with van der Waals surface area (Å²) < 4.78 is 0. The minimum atomic E-state index is 0.373. The van der Waals surface area contributed by atoms with Gasteiger partial charge in [-0.3, -0.25) is 4.79 Å². The molecule has 0 amide bonds.